The Bertz CT molecular complexity index is 723. The van der Waals surface area contributed by atoms with Crippen molar-refractivity contribution in [3.05, 3.63) is 34.4 Å². The fourth-order valence-electron chi connectivity index (χ4n) is 2.55. The van der Waals surface area contributed by atoms with Crippen LogP contribution in [-0.4, -0.2) is 49.5 Å². The van der Waals surface area contributed by atoms with E-state index >= 15 is 0 Å². The van der Waals surface area contributed by atoms with Gasteiger partial charge in [-0.05, 0) is 25.0 Å². The van der Waals surface area contributed by atoms with Gasteiger partial charge in [-0.3, -0.25) is 4.79 Å². The molecule has 1 saturated heterocycles. The highest BCUT2D eigenvalue weighted by molar-refractivity contribution is 6.30. The maximum atomic E-state index is 14.5. The van der Waals surface area contributed by atoms with Gasteiger partial charge in [-0.1, -0.05) is 16.8 Å². The van der Waals surface area contributed by atoms with Gasteiger partial charge in [0, 0.05) is 30.8 Å². The van der Waals surface area contributed by atoms with Crippen molar-refractivity contribution in [2.75, 3.05) is 13.1 Å². The van der Waals surface area contributed by atoms with Gasteiger partial charge < -0.3 is 4.90 Å². The fourth-order valence-corrected chi connectivity index (χ4v) is 2.65. The van der Waals surface area contributed by atoms with Crippen molar-refractivity contribution >= 4 is 17.5 Å². The third kappa shape index (κ3) is 2.88. The number of aromatic nitrogens is 5. The summed E-state index contributed by atoms with van der Waals surface area (Å²) in [5.74, 6) is -4.69. The van der Waals surface area contributed by atoms with E-state index in [4.69, 9.17) is 11.6 Å². The smallest absolute Gasteiger partial charge is 0.336 e. The molecular weight excluding hydrogens is 330 g/mol. The zero-order valence-corrected chi connectivity index (χ0v) is 12.9. The number of H-pyrrole nitrogens is 1. The van der Waals surface area contributed by atoms with Crippen LogP contribution in [0, 0.1) is 6.92 Å². The van der Waals surface area contributed by atoms with Gasteiger partial charge in [0.05, 0.1) is 0 Å². The molecule has 10 heteroatoms. The van der Waals surface area contributed by atoms with Crippen LogP contribution in [0.5, 0.6) is 0 Å². The second-order valence-electron chi connectivity index (χ2n) is 5.41. The first-order valence-corrected chi connectivity index (χ1v) is 7.30. The summed E-state index contributed by atoms with van der Waals surface area (Å²) in [5.41, 5.74) is -0.0739. The first-order valence-electron chi connectivity index (χ1n) is 6.92. The van der Waals surface area contributed by atoms with E-state index in [-0.39, 0.29) is 24.2 Å². The second kappa shape index (κ2) is 5.80. The molecule has 122 valence electrons. The number of carbonyl (C=O) groups is 1. The van der Waals surface area contributed by atoms with E-state index in [1.54, 1.807) is 6.92 Å². The Balaban J connectivity index is 1.77. The van der Waals surface area contributed by atoms with Crippen molar-refractivity contribution in [3.63, 3.8) is 0 Å². The predicted molar refractivity (Wildman–Crippen MR) is 76.0 cm³/mol. The second-order valence-corrected chi connectivity index (χ2v) is 5.77. The molecule has 3 heterocycles. The monoisotopic (exact) mass is 342 g/mol. The van der Waals surface area contributed by atoms with Crippen molar-refractivity contribution in [1.29, 1.82) is 0 Å². The van der Waals surface area contributed by atoms with Crippen molar-refractivity contribution < 1.29 is 13.6 Å². The Morgan fingerprint density at radius 1 is 1.52 bits per heavy atom. The minimum absolute atomic E-state index is 0.133. The van der Waals surface area contributed by atoms with Crippen LogP contribution in [0.2, 0.25) is 5.15 Å². The van der Waals surface area contributed by atoms with Gasteiger partial charge >= 0.3 is 5.92 Å². The largest absolute Gasteiger partial charge is 0.351 e. The number of nitrogens with one attached hydrogen (secondary N) is 1. The molecule has 1 aliphatic heterocycles. The van der Waals surface area contributed by atoms with E-state index in [0.29, 0.717) is 17.8 Å². The molecule has 1 atom stereocenters. The van der Waals surface area contributed by atoms with Gasteiger partial charge in [0.25, 0.3) is 5.91 Å². The molecule has 0 saturated carbocycles. The number of tetrazole rings is 1. The molecule has 0 bridgehead atoms. The number of aromatic amines is 1. The van der Waals surface area contributed by atoms with E-state index in [0.717, 1.165) is 11.1 Å². The number of rotatable bonds is 3. The van der Waals surface area contributed by atoms with Gasteiger partial charge in [-0.25, -0.2) is 4.98 Å². The first-order chi connectivity index (χ1) is 10.9. The van der Waals surface area contributed by atoms with Crippen LogP contribution in [0.3, 0.4) is 0 Å². The number of nitrogens with zero attached hydrogens (tertiary/aromatic N) is 5. The quantitative estimate of drug-likeness (QED) is 0.857. The minimum atomic E-state index is -3.66. The van der Waals surface area contributed by atoms with Crippen LogP contribution >= 0.6 is 11.6 Å². The lowest BCUT2D eigenvalue weighted by Crippen LogP contribution is -2.40. The fraction of sp³-hybridized carbons (Fsp3) is 0.462. The SMILES string of the molecule is Cc1cc(C(F)(F)C(=O)N2CCC(c3nn[nH]n3)C2)cnc1Cl. The summed E-state index contributed by atoms with van der Waals surface area (Å²) in [6, 6.07) is 1.18. The number of aryl methyl sites for hydroxylation is 1. The Hall–Kier alpha value is -2.16. The molecule has 3 rings (SSSR count). The highest BCUT2D eigenvalue weighted by atomic mass is 35.5. The lowest BCUT2D eigenvalue weighted by Gasteiger charge is -2.23. The van der Waals surface area contributed by atoms with Crippen LogP contribution < -0.4 is 0 Å². The minimum Gasteiger partial charge on any atom is -0.336 e. The number of carbonyl (C=O) groups excluding carboxylic acids is 1. The molecule has 0 spiro atoms. The highest BCUT2D eigenvalue weighted by Gasteiger charge is 2.46. The van der Waals surface area contributed by atoms with Gasteiger partial charge in [-0.2, -0.15) is 14.0 Å². The molecule has 1 fully saturated rings. The molecule has 1 aliphatic rings. The highest BCUT2D eigenvalue weighted by Crippen LogP contribution is 2.34. The van der Waals surface area contributed by atoms with Gasteiger partial charge in [0.15, 0.2) is 5.82 Å². The van der Waals surface area contributed by atoms with E-state index in [1.165, 1.54) is 6.07 Å². The molecule has 0 aromatic carbocycles. The normalized spacial score (nSPS) is 18.4. The molecular formula is C13H13ClF2N6O. The van der Waals surface area contributed by atoms with E-state index in [9.17, 15) is 13.6 Å². The molecule has 7 nitrogen and oxygen atoms in total. The van der Waals surface area contributed by atoms with Crippen LogP contribution in [0.4, 0.5) is 8.78 Å². The molecule has 2 aromatic rings. The Morgan fingerprint density at radius 2 is 2.30 bits per heavy atom. The number of halogens is 3. The summed E-state index contributed by atoms with van der Waals surface area (Å²) < 4.78 is 28.9. The van der Waals surface area contributed by atoms with E-state index in [2.05, 4.69) is 25.6 Å². The Morgan fingerprint density at radius 3 is 2.96 bits per heavy atom. The third-order valence-corrected chi connectivity index (χ3v) is 4.24. The third-order valence-electron chi connectivity index (χ3n) is 3.85. The number of alkyl halides is 2. The van der Waals surface area contributed by atoms with Crippen LogP contribution in [0.25, 0.3) is 0 Å². The molecule has 0 radical (unpaired) electrons. The number of likely N-dealkylation sites (tertiary alicyclic amines) is 1. The standard InChI is InChI=1S/C13H13ClF2N6O/c1-7-4-9(5-17-10(7)14)13(15,16)12(23)22-3-2-8(6-22)11-18-20-21-19-11/h4-5,8H,2-3,6H2,1H3,(H,18,19,20,21). The zero-order chi connectivity index (χ0) is 16.6. The number of hydrogen-bond donors (Lipinski definition) is 1. The van der Waals surface area contributed by atoms with Crippen LogP contribution in [0.15, 0.2) is 12.3 Å². The maximum Gasteiger partial charge on any atom is 0.351 e. The molecule has 1 N–H and O–H groups in total. The summed E-state index contributed by atoms with van der Waals surface area (Å²) in [6.45, 7) is 1.91. The van der Waals surface area contributed by atoms with E-state index < -0.39 is 17.4 Å². The molecule has 23 heavy (non-hydrogen) atoms. The zero-order valence-electron chi connectivity index (χ0n) is 12.1. The molecule has 1 amide bonds. The van der Waals surface area contributed by atoms with Crippen molar-refractivity contribution in [3.8, 4) is 0 Å². The van der Waals surface area contributed by atoms with Crippen LogP contribution in [0.1, 0.15) is 29.3 Å². The molecule has 0 aliphatic carbocycles. The van der Waals surface area contributed by atoms with Gasteiger partial charge in [0.2, 0.25) is 0 Å². The van der Waals surface area contributed by atoms with Crippen molar-refractivity contribution in [1.82, 2.24) is 30.5 Å². The van der Waals surface area contributed by atoms with E-state index in [1.807, 2.05) is 0 Å². The lowest BCUT2D eigenvalue weighted by atomic mass is 10.1. The first kappa shape index (κ1) is 15.7. The lowest BCUT2D eigenvalue weighted by molar-refractivity contribution is -0.157. The van der Waals surface area contributed by atoms with Crippen LogP contribution in [-0.2, 0) is 10.7 Å². The average Bonchev–Trinajstić information content (AvgIpc) is 3.19. The van der Waals surface area contributed by atoms with Crippen molar-refractivity contribution in [2.24, 2.45) is 0 Å². The maximum absolute atomic E-state index is 14.5. The number of hydrogen-bond acceptors (Lipinski definition) is 5. The summed E-state index contributed by atoms with van der Waals surface area (Å²) in [4.78, 5) is 17.0. The average molecular weight is 343 g/mol. The predicted octanol–water partition coefficient (Wildman–Crippen LogP) is 1.66. The van der Waals surface area contributed by atoms with Gasteiger partial charge in [0.1, 0.15) is 5.15 Å². The summed E-state index contributed by atoms with van der Waals surface area (Å²) >= 11 is 5.74. The number of pyridine rings is 1. The summed E-state index contributed by atoms with van der Waals surface area (Å²) in [7, 11) is 0. The molecule has 1 unspecified atom stereocenters. The topological polar surface area (TPSA) is 87.7 Å². The van der Waals surface area contributed by atoms with Crippen molar-refractivity contribution in [2.45, 2.75) is 25.2 Å². The Labute approximate surface area is 135 Å². The summed E-state index contributed by atoms with van der Waals surface area (Å²) in [6.07, 6.45) is 1.44. The summed E-state index contributed by atoms with van der Waals surface area (Å²) in [5, 5.41) is 13.6. The number of amides is 1. The molecule has 2 aromatic heterocycles. The van der Waals surface area contributed by atoms with Gasteiger partial charge in [-0.15, -0.1) is 10.2 Å². The Kier molecular flexibility index (Phi) is 3.97.